The summed E-state index contributed by atoms with van der Waals surface area (Å²) in [7, 11) is 0. The number of piperidine rings is 1. The van der Waals surface area contributed by atoms with Crippen LogP contribution in [0.25, 0.3) is 0 Å². The highest BCUT2D eigenvalue weighted by atomic mass is 19.1. The monoisotopic (exact) mass is 330 g/mol. The molecule has 0 aliphatic carbocycles. The van der Waals surface area contributed by atoms with E-state index in [1.807, 2.05) is 0 Å². The Labute approximate surface area is 141 Å². The molecule has 1 unspecified atom stereocenters. The molecule has 1 aromatic carbocycles. The van der Waals surface area contributed by atoms with Gasteiger partial charge in [-0.2, -0.15) is 5.26 Å². The average Bonchev–Trinajstić information content (AvgIpc) is 3.07. The molecule has 5 nitrogen and oxygen atoms in total. The maximum absolute atomic E-state index is 13.2. The number of primary amides is 1. The lowest BCUT2D eigenvalue weighted by Gasteiger charge is -2.38. The molecule has 0 spiro atoms. The molecule has 3 rings (SSSR count). The summed E-state index contributed by atoms with van der Waals surface area (Å²) in [6.07, 6.45) is 3.89. The van der Waals surface area contributed by atoms with Crippen molar-refractivity contribution in [2.24, 2.45) is 5.73 Å². The number of nitriles is 1. The van der Waals surface area contributed by atoms with Gasteiger partial charge in [0.05, 0.1) is 17.7 Å². The standard InChI is InChI=1S/C18H23FN4O/c19-15-4-3-13(14(10-15)11-20)12-22-8-5-16(6-9-22)23-7-1-2-17(23)18(21)24/h3-4,10,16-17H,1-2,5-9,12H2,(H2,21,24). The van der Waals surface area contributed by atoms with Gasteiger partial charge in [-0.15, -0.1) is 0 Å². The fraction of sp³-hybridized carbons (Fsp3) is 0.556. The Morgan fingerprint density at radius 1 is 1.29 bits per heavy atom. The van der Waals surface area contributed by atoms with E-state index in [0.29, 0.717) is 18.2 Å². The summed E-state index contributed by atoms with van der Waals surface area (Å²) in [5, 5.41) is 9.15. The van der Waals surface area contributed by atoms with Crippen molar-refractivity contribution in [2.75, 3.05) is 19.6 Å². The molecule has 2 fully saturated rings. The highest BCUT2D eigenvalue weighted by molar-refractivity contribution is 5.80. The van der Waals surface area contributed by atoms with Crippen LogP contribution < -0.4 is 5.73 Å². The molecule has 0 bridgehead atoms. The molecule has 2 heterocycles. The van der Waals surface area contributed by atoms with Crippen molar-refractivity contribution in [3.05, 3.63) is 35.1 Å². The summed E-state index contributed by atoms with van der Waals surface area (Å²) in [5.74, 6) is -0.583. The third-order valence-electron chi connectivity index (χ3n) is 5.24. The normalized spacial score (nSPS) is 23.2. The zero-order valence-corrected chi connectivity index (χ0v) is 13.7. The number of likely N-dealkylation sites (tertiary alicyclic amines) is 2. The van der Waals surface area contributed by atoms with E-state index in [-0.39, 0.29) is 17.8 Å². The minimum absolute atomic E-state index is 0.108. The Balaban J connectivity index is 1.58. The van der Waals surface area contributed by atoms with Crippen LogP contribution in [-0.2, 0) is 11.3 Å². The first kappa shape index (κ1) is 16.9. The van der Waals surface area contributed by atoms with Gasteiger partial charge >= 0.3 is 0 Å². The molecule has 1 amide bonds. The zero-order valence-electron chi connectivity index (χ0n) is 13.7. The van der Waals surface area contributed by atoms with Gasteiger partial charge in [0.1, 0.15) is 5.82 Å². The molecule has 24 heavy (non-hydrogen) atoms. The van der Waals surface area contributed by atoms with Crippen LogP contribution in [0.3, 0.4) is 0 Å². The first-order chi connectivity index (χ1) is 11.6. The lowest BCUT2D eigenvalue weighted by atomic mass is 10.0. The van der Waals surface area contributed by atoms with Crippen molar-refractivity contribution in [2.45, 2.75) is 44.3 Å². The van der Waals surface area contributed by atoms with E-state index in [4.69, 9.17) is 11.0 Å². The number of nitrogens with two attached hydrogens (primary N) is 1. The Kier molecular flexibility index (Phi) is 5.12. The van der Waals surface area contributed by atoms with Crippen LogP contribution in [0.4, 0.5) is 4.39 Å². The minimum Gasteiger partial charge on any atom is -0.368 e. The molecule has 1 aromatic rings. The number of carbonyl (C=O) groups is 1. The maximum Gasteiger partial charge on any atom is 0.234 e. The molecule has 6 heteroatoms. The van der Waals surface area contributed by atoms with E-state index in [1.165, 1.54) is 12.1 Å². The highest BCUT2D eigenvalue weighted by Gasteiger charge is 2.35. The molecule has 0 aromatic heterocycles. The van der Waals surface area contributed by atoms with Crippen molar-refractivity contribution < 1.29 is 9.18 Å². The second-order valence-electron chi connectivity index (χ2n) is 6.72. The average molecular weight is 330 g/mol. The SMILES string of the molecule is N#Cc1cc(F)ccc1CN1CCC(N2CCCC2C(N)=O)CC1. The molecule has 128 valence electrons. The van der Waals surface area contributed by atoms with E-state index in [9.17, 15) is 9.18 Å². The summed E-state index contributed by atoms with van der Waals surface area (Å²) in [5.41, 5.74) is 6.79. The molecule has 2 saturated heterocycles. The molecule has 1 atom stereocenters. The Morgan fingerprint density at radius 3 is 2.71 bits per heavy atom. The van der Waals surface area contributed by atoms with Crippen molar-refractivity contribution in [3.63, 3.8) is 0 Å². The Hall–Kier alpha value is -1.97. The van der Waals surface area contributed by atoms with Crippen LogP contribution in [0.1, 0.15) is 36.8 Å². The van der Waals surface area contributed by atoms with Gasteiger partial charge in [0.2, 0.25) is 5.91 Å². The number of benzene rings is 1. The molecule has 0 radical (unpaired) electrons. The summed E-state index contributed by atoms with van der Waals surface area (Å²) in [6, 6.07) is 6.77. The Bertz CT molecular complexity index is 649. The van der Waals surface area contributed by atoms with E-state index < -0.39 is 0 Å². The largest absolute Gasteiger partial charge is 0.368 e. The first-order valence-corrected chi connectivity index (χ1v) is 8.54. The second kappa shape index (κ2) is 7.29. The van der Waals surface area contributed by atoms with Gasteiger partial charge in [0.25, 0.3) is 0 Å². The lowest BCUT2D eigenvalue weighted by molar-refractivity contribution is -0.123. The molecule has 2 aliphatic rings. The van der Waals surface area contributed by atoms with Crippen LogP contribution in [0.5, 0.6) is 0 Å². The van der Waals surface area contributed by atoms with E-state index in [0.717, 1.165) is 50.9 Å². The molecule has 2 N–H and O–H groups in total. The number of rotatable bonds is 4. The smallest absolute Gasteiger partial charge is 0.234 e. The fourth-order valence-electron chi connectivity index (χ4n) is 3.97. The van der Waals surface area contributed by atoms with Crippen LogP contribution >= 0.6 is 0 Å². The number of amides is 1. The van der Waals surface area contributed by atoms with Crippen LogP contribution in [0, 0.1) is 17.1 Å². The summed E-state index contributed by atoms with van der Waals surface area (Å²) in [6.45, 7) is 3.44. The number of halogens is 1. The third-order valence-corrected chi connectivity index (χ3v) is 5.24. The topological polar surface area (TPSA) is 73.4 Å². The van der Waals surface area contributed by atoms with Crippen LogP contribution in [0.15, 0.2) is 18.2 Å². The number of nitrogens with zero attached hydrogens (tertiary/aromatic N) is 3. The summed E-state index contributed by atoms with van der Waals surface area (Å²) >= 11 is 0. The quantitative estimate of drug-likeness (QED) is 0.910. The van der Waals surface area contributed by atoms with Crippen molar-refractivity contribution in [3.8, 4) is 6.07 Å². The van der Waals surface area contributed by atoms with Gasteiger partial charge in [-0.1, -0.05) is 6.07 Å². The molecular formula is C18H23FN4O. The number of hydrogen-bond acceptors (Lipinski definition) is 4. The molecule has 2 aliphatic heterocycles. The van der Waals surface area contributed by atoms with Crippen LogP contribution in [0.2, 0.25) is 0 Å². The van der Waals surface area contributed by atoms with Gasteiger partial charge in [-0.3, -0.25) is 14.6 Å². The Morgan fingerprint density at radius 2 is 2.04 bits per heavy atom. The van der Waals surface area contributed by atoms with Crippen molar-refractivity contribution in [1.29, 1.82) is 5.26 Å². The van der Waals surface area contributed by atoms with Gasteiger partial charge in [-0.25, -0.2) is 4.39 Å². The van der Waals surface area contributed by atoms with Crippen molar-refractivity contribution in [1.82, 2.24) is 9.80 Å². The minimum atomic E-state index is -0.375. The van der Waals surface area contributed by atoms with E-state index in [2.05, 4.69) is 15.9 Å². The van der Waals surface area contributed by atoms with Crippen molar-refractivity contribution >= 4 is 5.91 Å². The van der Waals surface area contributed by atoms with E-state index in [1.54, 1.807) is 6.07 Å². The summed E-state index contributed by atoms with van der Waals surface area (Å²) in [4.78, 5) is 16.1. The third kappa shape index (κ3) is 3.58. The number of hydrogen-bond donors (Lipinski definition) is 1. The van der Waals surface area contributed by atoms with Gasteiger partial charge < -0.3 is 5.73 Å². The number of carbonyl (C=O) groups excluding carboxylic acids is 1. The predicted molar refractivity (Wildman–Crippen MR) is 88.3 cm³/mol. The highest BCUT2D eigenvalue weighted by Crippen LogP contribution is 2.26. The zero-order chi connectivity index (χ0) is 17.1. The van der Waals surface area contributed by atoms with Crippen LogP contribution in [-0.4, -0.2) is 47.4 Å². The maximum atomic E-state index is 13.2. The van der Waals surface area contributed by atoms with Gasteiger partial charge in [0.15, 0.2) is 0 Å². The van der Waals surface area contributed by atoms with E-state index >= 15 is 0 Å². The predicted octanol–water partition coefficient (Wildman–Crippen LogP) is 1.61. The lowest BCUT2D eigenvalue weighted by Crippen LogP contribution is -2.50. The fourth-order valence-corrected chi connectivity index (χ4v) is 3.97. The first-order valence-electron chi connectivity index (χ1n) is 8.54. The molecule has 0 saturated carbocycles. The van der Waals surface area contributed by atoms with Gasteiger partial charge in [0, 0.05) is 12.6 Å². The second-order valence-corrected chi connectivity index (χ2v) is 6.72. The summed E-state index contributed by atoms with van der Waals surface area (Å²) < 4.78 is 13.2. The van der Waals surface area contributed by atoms with Gasteiger partial charge in [-0.05, 0) is 63.0 Å². The molecular weight excluding hydrogens is 307 g/mol.